The van der Waals surface area contributed by atoms with Crippen LogP contribution in [-0.4, -0.2) is 21.9 Å². The van der Waals surface area contributed by atoms with Gasteiger partial charge in [0.2, 0.25) is 0 Å². The SMILES string of the molecule is NC(CO)c1noc(-c2ccc(F)cc2Cl)n1. The Kier molecular flexibility index (Phi) is 3.37. The van der Waals surface area contributed by atoms with Crippen molar-refractivity contribution < 1.29 is 14.0 Å². The number of nitrogens with two attached hydrogens (primary N) is 1. The maximum atomic E-state index is 12.8. The molecule has 0 saturated heterocycles. The first-order valence-electron chi connectivity index (χ1n) is 4.77. The monoisotopic (exact) mass is 257 g/mol. The summed E-state index contributed by atoms with van der Waals surface area (Å²) in [7, 11) is 0. The van der Waals surface area contributed by atoms with Gasteiger partial charge in [-0.25, -0.2) is 4.39 Å². The van der Waals surface area contributed by atoms with E-state index in [1.807, 2.05) is 0 Å². The predicted molar refractivity (Wildman–Crippen MR) is 58.7 cm³/mol. The number of aliphatic hydroxyl groups excluding tert-OH is 1. The summed E-state index contributed by atoms with van der Waals surface area (Å²) in [6.45, 7) is -0.296. The standard InChI is InChI=1S/C10H9ClFN3O2/c11-7-3-5(12)1-2-6(7)10-14-9(15-17-10)8(13)4-16/h1-3,8,16H,4,13H2. The Morgan fingerprint density at radius 3 is 2.94 bits per heavy atom. The fourth-order valence-electron chi connectivity index (χ4n) is 1.24. The van der Waals surface area contributed by atoms with Gasteiger partial charge in [0.05, 0.1) is 23.2 Å². The topological polar surface area (TPSA) is 85.2 Å². The number of hydrogen-bond donors (Lipinski definition) is 2. The van der Waals surface area contributed by atoms with Crippen LogP contribution in [0.4, 0.5) is 4.39 Å². The van der Waals surface area contributed by atoms with Crippen LogP contribution in [0, 0.1) is 5.82 Å². The van der Waals surface area contributed by atoms with Gasteiger partial charge >= 0.3 is 0 Å². The first-order valence-corrected chi connectivity index (χ1v) is 5.15. The maximum Gasteiger partial charge on any atom is 0.259 e. The van der Waals surface area contributed by atoms with Crippen LogP contribution in [0.1, 0.15) is 11.9 Å². The van der Waals surface area contributed by atoms with E-state index in [-0.39, 0.29) is 23.3 Å². The third-order valence-corrected chi connectivity index (χ3v) is 2.44. The number of hydrogen-bond acceptors (Lipinski definition) is 5. The highest BCUT2D eigenvalue weighted by Gasteiger charge is 2.16. The number of halogens is 2. The molecule has 2 aromatic rings. The lowest BCUT2D eigenvalue weighted by Gasteiger charge is -1.99. The molecule has 0 aliphatic carbocycles. The molecule has 0 aliphatic heterocycles. The zero-order chi connectivity index (χ0) is 12.4. The van der Waals surface area contributed by atoms with Crippen LogP contribution in [0.5, 0.6) is 0 Å². The van der Waals surface area contributed by atoms with Crippen LogP contribution in [0.2, 0.25) is 5.02 Å². The molecule has 0 saturated carbocycles. The Balaban J connectivity index is 2.37. The average molecular weight is 258 g/mol. The van der Waals surface area contributed by atoms with E-state index in [1.54, 1.807) is 0 Å². The second-order valence-electron chi connectivity index (χ2n) is 3.37. The van der Waals surface area contributed by atoms with Gasteiger partial charge in [0, 0.05) is 0 Å². The van der Waals surface area contributed by atoms with Crippen molar-refractivity contribution in [1.29, 1.82) is 0 Å². The lowest BCUT2D eigenvalue weighted by molar-refractivity contribution is 0.260. The molecule has 90 valence electrons. The van der Waals surface area contributed by atoms with Crippen molar-refractivity contribution in [2.45, 2.75) is 6.04 Å². The normalized spacial score (nSPS) is 12.7. The zero-order valence-corrected chi connectivity index (χ0v) is 9.36. The van der Waals surface area contributed by atoms with Gasteiger partial charge in [-0.1, -0.05) is 16.8 Å². The summed E-state index contributed by atoms with van der Waals surface area (Å²) in [5, 5.41) is 12.6. The van der Waals surface area contributed by atoms with Crippen LogP contribution < -0.4 is 5.73 Å². The molecule has 17 heavy (non-hydrogen) atoms. The Bertz CT molecular complexity index is 532. The van der Waals surface area contributed by atoms with Crippen LogP contribution in [0.25, 0.3) is 11.5 Å². The molecule has 3 N–H and O–H groups in total. The fraction of sp³-hybridized carbons (Fsp3) is 0.200. The van der Waals surface area contributed by atoms with Crippen molar-refractivity contribution in [3.63, 3.8) is 0 Å². The third-order valence-electron chi connectivity index (χ3n) is 2.13. The van der Waals surface area contributed by atoms with Gasteiger partial charge in [-0.2, -0.15) is 4.98 Å². The summed E-state index contributed by atoms with van der Waals surface area (Å²) in [6, 6.07) is 3.09. The second kappa shape index (κ2) is 4.79. The van der Waals surface area contributed by atoms with E-state index >= 15 is 0 Å². The number of aromatic nitrogens is 2. The van der Waals surface area contributed by atoms with Crippen LogP contribution in [-0.2, 0) is 0 Å². The van der Waals surface area contributed by atoms with Gasteiger partial charge < -0.3 is 15.4 Å². The molecule has 2 rings (SSSR count). The summed E-state index contributed by atoms with van der Waals surface area (Å²) in [6.07, 6.45) is 0. The summed E-state index contributed by atoms with van der Waals surface area (Å²) in [4.78, 5) is 3.97. The molecule has 1 aromatic carbocycles. The Morgan fingerprint density at radius 2 is 2.29 bits per heavy atom. The molecule has 7 heteroatoms. The molecule has 0 radical (unpaired) electrons. The molecule has 1 aromatic heterocycles. The molecule has 0 fully saturated rings. The van der Waals surface area contributed by atoms with E-state index in [1.165, 1.54) is 12.1 Å². The van der Waals surface area contributed by atoms with Gasteiger partial charge in [0.1, 0.15) is 5.82 Å². The average Bonchev–Trinajstić information content (AvgIpc) is 2.77. The van der Waals surface area contributed by atoms with Gasteiger partial charge in [-0.15, -0.1) is 0 Å². The van der Waals surface area contributed by atoms with Crippen molar-refractivity contribution in [2.75, 3.05) is 6.61 Å². The van der Waals surface area contributed by atoms with E-state index < -0.39 is 11.9 Å². The Labute approximate surface area is 101 Å². The summed E-state index contributed by atoms with van der Waals surface area (Å²) in [5.74, 6) is -0.151. The van der Waals surface area contributed by atoms with E-state index in [0.717, 1.165) is 6.07 Å². The van der Waals surface area contributed by atoms with Crippen molar-refractivity contribution in [2.24, 2.45) is 5.73 Å². The van der Waals surface area contributed by atoms with E-state index in [9.17, 15) is 4.39 Å². The summed E-state index contributed by atoms with van der Waals surface area (Å²) in [5.41, 5.74) is 5.93. The van der Waals surface area contributed by atoms with Crippen LogP contribution in [0.3, 0.4) is 0 Å². The summed E-state index contributed by atoms with van der Waals surface area (Å²) >= 11 is 5.84. The maximum absolute atomic E-state index is 12.8. The molecule has 1 unspecified atom stereocenters. The first kappa shape index (κ1) is 12.0. The fourth-order valence-corrected chi connectivity index (χ4v) is 1.49. The van der Waals surface area contributed by atoms with Gasteiger partial charge in [0.15, 0.2) is 5.82 Å². The van der Waals surface area contributed by atoms with Gasteiger partial charge in [0.25, 0.3) is 5.89 Å². The van der Waals surface area contributed by atoms with E-state index in [2.05, 4.69) is 10.1 Å². The molecule has 0 aliphatic rings. The lowest BCUT2D eigenvalue weighted by Crippen LogP contribution is -2.15. The highest BCUT2D eigenvalue weighted by Crippen LogP contribution is 2.27. The second-order valence-corrected chi connectivity index (χ2v) is 3.78. The van der Waals surface area contributed by atoms with Crippen LogP contribution >= 0.6 is 11.6 Å². The van der Waals surface area contributed by atoms with Crippen molar-refractivity contribution in [3.05, 3.63) is 34.9 Å². The van der Waals surface area contributed by atoms with Crippen LogP contribution in [0.15, 0.2) is 22.7 Å². The number of benzene rings is 1. The first-order chi connectivity index (χ1) is 8.11. The minimum Gasteiger partial charge on any atom is -0.394 e. The molecule has 5 nitrogen and oxygen atoms in total. The molecule has 0 amide bonds. The smallest absolute Gasteiger partial charge is 0.259 e. The highest BCUT2D eigenvalue weighted by atomic mass is 35.5. The quantitative estimate of drug-likeness (QED) is 0.871. The number of rotatable bonds is 3. The molecular weight excluding hydrogens is 249 g/mol. The third kappa shape index (κ3) is 2.44. The highest BCUT2D eigenvalue weighted by molar-refractivity contribution is 6.33. The Hall–Kier alpha value is -1.50. The van der Waals surface area contributed by atoms with E-state index in [0.29, 0.717) is 5.56 Å². The number of nitrogens with zero attached hydrogens (tertiary/aromatic N) is 2. The van der Waals surface area contributed by atoms with Gasteiger partial charge in [-0.05, 0) is 18.2 Å². The van der Waals surface area contributed by atoms with Crippen molar-refractivity contribution >= 4 is 11.6 Å². The lowest BCUT2D eigenvalue weighted by atomic mass is 10.2. The van der Waals surface area contributed by atoms with E-state index in [4.69, 9.17) is 27.0 Å². The van der Waals surface area contributed by atoms with Crippen molar-refractivity contribution in [3.8, 4) is 11.5 Å². The largest absolute Gasteiger partial charge is 0.394 e. The molecule has 1 atom stereocenters. The zero-order valence-electron chi connectivity index (χ0n) is 8.60. The van der Waals surface area contributed by atoms with Gasteiger partial charge in [-0.3, -0.25) is 0 Å². The molecule has 0 spiro atoms. The predicted octanol–water partition coefficient (Wildman–Crippen LogP) is 1.52. The van der Waals surface area contributed by atoms with Crippen molar-refractivity contribution in [1.82, 2.24) is 10.1 Å². The number of aliphatic hydroxyl groups is 1. The molecule has 1 heterocycles. The molecule has 0 bridgehead atoms. The minimum absolute atomic E-state index is 0.133. The summed E-state index contributed by atoms with van der Waals surface area (Å²) < 4.78 is 17.8. The minimum atomic E-state index is -0.716. The Morgan fingerprint density at radius 1 is 1.53 bits per heavy atom. The molecular formula is C10H9ClFN3O2.